The standard InChI is InChI=1S/C13H17N3O3.ClH/c1-8(14)4-5-15-13(18)9-2-3-11-10(6-9)16-12(17)7-19-11;/h2-3,6,8H,4-5,7,14H2,1H3,(H,15,18)(H,16,17);1H. The molecule has 0 saturated heterocycles. The summed E-state index contributed by atoms with van der Waals surface area (Å²) in [4.78, 5) is 23.1. The molecule has 6 nitrogen and oxygen atoms in total. The summed E-state index contributed by atoms with van der Waals surface area (Å²) < 4.78 is 5.22. The van der Waals surface area contributed by atoms with E-state index < -0.39 is 0 Å². The molecule has 1 atom stereocenters. The van der Waals surface area contributed by atoms with Gasteiger partial charge in [0.05, 0.1) is 5.69 Å². The summed E-state index contributed by atoms with van der Waals surface area (Å²) in [6.45, 7) is 2.42. The predicted octanol–water partition coefficient (Wildman–Crippen LogP) is 0.906. The summed E-state index contributed by atoms with van der Waals surface area (Å²) in [5.74, 6) is 0.164. The van der Waals surface area contributed by atoms with Gasteiger partial charge in [-0.2, -0.15) is 0 Å². The summed E-state index contributed by atoms with van der Waals surface area (Å²) in [5, 5.41) is 5.44. The highest BCUT2D eigenvalue weighted by Crippen LogP contribution is 2.28. The van der Waals surface area contributed by atoms with Gasteiger partial charge in [0, 0.05) is 18.2 Å². The third-order valence-electron chi connectivity index (χ3n) is 2.76. The molecule has 7 heteroatoms. The van der Waals surface area contributed by atoms with E-state index in [0.29, 0.717) is 23.5 Å². The summed E-state index contributed by atoms with van der Waals surface area (Å²) in [6.07, 6.45) is 0.719. The average Bonchev–Trinajstić information content (AvgIpc) is 2.37. The molecule has 0 bridgehead atoms. The third-order valence-corrected chi connectivity index (χ3v) is 2.76. The Morgan fingerprint density at radius 1 is 1.55 bits per heavy atom. The maximum atomic E-state index is 11.9. The number of fused-ring (bicyclic) bond motifs is 1. The van der Waals surface area contributed by atoms with Crippen molar-refractivity contribution in [1.29, 1.82) is 0 Å². The first-order valence-electron chi connectivity index (χ1n) is 6.17. The first-order chi connectivity index (χ1) is 9.06. The Morgan fingerprint density at radius 2 is 2.30 bits per heavy atom. The van der Waals surface area contributed by atoms with Crippen LogP contribution in [0.4, 0.5) is 5.69 Å². The molecule has 1 unspecified atom stereocenters. The lowest BCUT2D eigenvalue weighted by Gasteiger charge is -2.18. The van der Waals surface area contributed by atoms with Gasteiger partial charge in [-0.25, -0.2) is 0 Å². The lowest BCUT2D eigenvalue weighted by molar-refractivity contribution is -0.118. The maximum absolute atomic E-state index is 11.9. The molecule has 2 amide bonds. The van der Waals surface area contributed by atoms with Crippen molar-refractivity contribution in [2.45, 2.75) is 19.4 Å². The number of nitrogens with two attached hydrogens (primary N) is 1. The van der Waals surface area contributed by atoms with Crippen LogP contribution >= 0.6 is 12.4 Å². The number of anilines is 1. The lowest BCUT2D eigenvalue weighted by atomic mass is 10.1. The van der Waals surface area contributed by atoms with Crippen molar-refractivity contribution in [3.8, 4) is 5.75 Å². The fourth-order valence-corrected chi connectivity index (χ4v) is 1.74. The van der Waals surface area contributed by atoms with E-state index in [2.05, 4.69) is 10.6 Å². The highest BCUT2D eigenvalue weighted by atomic mass is 35.5. The number of carbonyl (C=O) groups excluding carboxylic acids is 2. The minimum atomic E-state index is -0.220. The molecule has 0 spiro atoms. The van der Waals surface area contributed by atoms with Crippen LogP contribution in [0.3, 0.4) is 0 Å². The van der Waals surface area contributed by atoms with Crippen molar-refractivity contribution in [2.24, 2.45) is 5.73 Å². The van der Waals surface area contributed by atoms with Crippen LogP contribution in [0, 0.1) is 0 Å². The summed E-state index contributed by atoms with van der Waals surface area (Å²) >= 11 is 0. The molecule has 1 aromatic carbocycles. The largest absolute Gasteiger partial charge is 0.482 e. The summed E-state index contributed by atoms with van der Waals surface area (Å²) in [5.41, 5.74) is 6.61. The number of benzene rings is 1. The number of halogens is 1. The van der Waals surface area contributed by atoms with Crippen LogP contribution in [-0.2, 0) is 4.79 Å². The smallest absolute Gasteiger partial charge is 0.262 e. The average molecular weight is 300 g/mol. The molecule has 0 aliphatic carbocycles. The Bertz CT molecular complexity index is 506. The van der Waals surface area contributed by atoms with Crippen molar-refractivity contribution in [1.82, 2.24) is 5.32 Å². The Balaban J connectivity index is 0.00000200. The van der Waals surface area contributed by atoms with Crippen molar-refractivity contribution >= 4 is 29.9 Å². The zero-order chi connectivity index (χ0) is 13.8. The van der Waals surface area contributed by atoms with Crippen LogP contribution in [0.25, 0.3) is 0 Å². The number of nitrogens with one attached hydrogen (secondary N) is 2. The lowest BCUT2D eigenvalue weighted by Crippen LogP contribution is -2.29. The predicted molar refractivity (Wildman–Crippen MR) is 78.4 cm³/mol. The number of rotatable bonds is 4. The van der Waals surface area contributed by atoms with E-state index >= 15 is 0 Å². The Hall–Kier alpha value is -1.79. The van der Waals surface area contributed by atoms with Gasteiger partial charge in [-0.05, 0) is 31.5 Å². The zero-order valence-corrected chi connectivity index (χ0v) is 12.0. The quantitative estimate of drug-likeness (QED) is 0.770. The molecule has 4 N–H and O–H groups in total. The number of hydrogen-bond acceptors (Lipinski definition) is 4. The van der Waals surface area contributed by atoms with Crippen molar-refractivity contribution < 1.29 is 14.3 Å². The highest BCUT2D eigenvalue weighted by molar-refractivity contribution is 5.99. The first-order valence-corrected chi connectivity index (χ1v) is 6.17. The summed E-state index contributed by atoms with van der Waals surface area (Å²) in [6, 6.07) is 5.00. The number of hydrogen-bond donors (Lipinski definition) is 3. The Kier molecular flexibility index (Phi) is 5.79. The van der Waals surface area contributed by atoms with E-state index in [1.54, 1.807) is 18.2 Å². The minimum Gasteiger partial charge on any atom is -0.482 e. The zero-order valence-electron chi connectivity index (χ0n) is 11.1. The minimum absolute atomic E-state index is 0. The van der Waals surface area contributed by atoms with Crippen LogP contribution in [-0.4, -0.2) is 31.0 Å². The molecule has 1 heterocycles. The highest BCUT2D eigenvalue weighted by Gasteiger charge is 2.17. The monoisotopic (exact) mass is 299 g/mol. The third kappa shape index (κ3) is 4.11. The van der Waals surface area contributed by atoms with E-state index in [-0.39, 0.29) is 36.9 Å². The van der Waals surface area contributed by atoms with Gasteiger partial charge in [-0.15, -0.1) is 12.4 Å². The van der Waals surface area contributed by atoms with Gasteiger partial charge in [0.2, 0.25) is 0 Å². The Labute approximate surface area is 123 Å². The summed E-state index contributed by atoms with van der Waals surface area (Å²) in [7, 11) is 0. The van der Waals surface area contributed by atoms with E-state index in [9.17, 15) is 9.59 Å². The molecule has 0 saturated carbocycles. The number of amides is 2. The molecular weight excluding hydrogens is 282 g/mol. The second kappa shape index (κ2) is 7.12. The van der Waals surface area contributed by atoms with Crippen LogP contribution < -0.4 is 21.1 Å². The van der Waals surface area contributed by atoms with Gasteiger partial charge >= 0.3 is 0 Å². The van der Waals surface area contributed by atoms with E-state index in [0.717, 1.165) is 6.42 Å². The van der Waals surface area contributed by atoms with Gasteiger partial charge in [-0.3, -0.25) is 9.59 Å². The number of ether oxygens (including phenoxy) is 1. The second-order valence-corrected chi connectivity index (χ2v) is 4.57. The molecule has 110 valence electrons. The molecule has 1 aliphatic heterocycles. The van der Waals surface area contributed by atoms with Crippen LogP contribution in [0.15, 0.2) is 18.2 Å². The Morgan fingerprint density at radius 3 is 3.00 bits per heavy atom. The van der Waals surface area contributed by atoms with E-state index in [1.165, 1.54) is 0 Å². The molecule has 1 aliphatic rings. The van der Waals surface area contributed by atoms with Gasteiger partial charge in [0.1, 0.15) is 5.75 Å². The van der Waals surface area contributed by atoms with Crippen molar-refractivity contribution in [3.05, 3.63) is 23.8 Å². The van der Waals surface area contributed by atoms with Crippen molar-refractivity contribution in [2.75, 3.05) is 18.5 Å². The molecule has 0 aromatic heterocycles. The molecule has 1 aromatic rings. The van der Waals surface area contributed by atoms with Gasteiger partial charge < -0.3 is 21.1 Å². The number of carbonyl (C=O) groups is 2. The SMILES string of the molecule is CC(N)CCNC(=O)c1ccc2c(c1)NC(=O)CO2.Cl. The van der Waals surface area contributed by atoms with Crippen LogP contribution in [0.2, 0.25) is 0 Å². The molecule has 0 fully saturated rings. The maximum Gasteiger partial charge on any atom is 0.262 e. The first kappa shape index (κ1) is 16.3. The van der Waals surface area contributed by atoms with Crippen LogP contribution in [0.1, 0.15) is 23.7 Å². The molecule has 2 rings (SSSR count). The topological polar surface area (TPSA) is 93.5 Å². The van der Waals surface area contributed by atoms with Crippen LogP contribution in [0.5, 0.6) is 5.75 Å². The fraction of sp³-hybridized carbons (Fsp3) is 0.385. The van der Waals surface area contributed by atoms with E-state index in [4.69, 9.17) is 10.5 Å². The molecular formula is C13H18ClN3O3. The van der Waals surface area contributed by atoms with E-state index in [1.807, 2.05) is 6.92 Å². The van der Waals surface area contributed by atoms with Crippen molar-refractivity contribution in [3.63, 3.8) is 0 Å². The molecule has 0 radical (unpaired) electrons. The van der Waals surface area contributed by atoms with Gasteiger partial charge in [-0.1, -0.05) is 0 Å². The van der Waals surface area contributed by atoms with Gasteiger partial charge in [0.25, 0.3) is 11.8 Å². The fourth-order valence-electron chi connectivity index (χ4n) is 1.74. The second-order valence-electron chi connectivity index (χ2n) is 4.57. The molecule has 20 heavy (non-hydrogen) atoms. The normalized spacial score (nSPS) is 14.2. The van der Waals surface area contributed by atoms with Gasteiger partial charge in [0.15, 0.2) is 6.61 Å².